The van der Waals surface area contributed by atoms with Gasteiger partial charge >= 0.3 is 0 Å². The molecule has 0 aliphatic rings. The third-order valence-corrected chi connectivity index (χ3v) is 3.57. The minimum Gasteiger partial charge on any atom is -0.481 e. The molecule has 2 aromatic heterocycles. The summed E-state index contributed by atoms with van der Waals surface area (Å²) in [5, 5.41) is 10.6. The fourth-order valence-corrected chi connectivity index (χ4v) is 2.21. The Morgan fingerprint density at radius 1 is 1.26 bits per heavy atom. The van der Waals surface area contributed by atoms with Crippen LogP contribution in [0.3, 0.4) is 0 Å². The summed E-state index contributed by atoms with van der Waals surface area (Å²) in [6.07, 6.45) is 0.970. The van der Waals surface area contributed by atoms with Gasteiger partial charge in [0.25, 0.3) is 5.91 Å². The zero-order valence-corrected chi connectivity index (χ0v) is 13.3. The van der Waals surface area contributed by atoms with Crippen LogP contribution in [-0.4, -0.2) is 27.2 Å². The Kier molecular flexibility index (Phi) is 3.97. The molecule has 118 valence electrons. The van der Waals surface area contributed by atoms with E-state index in [2.05, 4.69) is 20.5 Å². The summed E-state index contributed by atoms with van der Waals surface area (Å²) in [6, 6.07) is 9.43. The Bertz CT molecular complexity index is 839. The molecule has 6 nitrogen and oxygen atoms in total. The van der Waals surface area contributed by atoms with E-state index in [1.165, 1.54) is 0 Å². The van der Waals surface area contributed by atoms with Gasteiger partial charge in [0.1, 0.15) is 5.75 Å². The quantitative estimate of drug-likeness (QED) is 0.776. The van der Waals surface area contributed by atoms with Gasteiger partial charge < -0.3 is 10.1 Å². The van der Waals surface area contributed by atoms with Crippen molar-refractivity contribution in [1.29, 1.82) is 0 Å². The van der Waals surface area contributed by atoms with E-state index in [4.69, 9.17) is 4.74 Å². The predicted molar refractivity (Wildman–Crippen MR) is 88.5 cm³/mol. The Hall–Kier alpha value is -2.89. The number of hydrogen-bond acceptors (Lipinski definition) is 4. The number of pyridine rings is 1. The normalized spacial score (nSPS) is 12.1. The van der Waals surface area contributed by atoms with Crippen LogP contribution < -0.4 is 10.1 Å². The number of nitrogens with one attached hydrogen (secondary N) is 2. The number of aromatic amines is 1. The maximum Gasteiger partial charge on any atom is 0.265 e. The minimum absolute atomic E-state index is 0.229. The summed E-state index contributed by atoms with van der Waals surface area (Å²) >= 11 is 0. The maximum atomic E-state index is 12.3. The highest BCUT2D eigenvalue weighted by Gasteiger charge is 2.15. The molecule has 0 radical (unpaired) electrons. The molecule has 0 bridgehead atoms. The van der Waals surface area contributed by atoms with Gasteiger partial charge in [-0.2, -0.15) is 5.10 Å². The van der Waals surface area contributed by atoms with E-state index in [9.17, 15) is 4.79 Å². The van der Waals surface area contributed by atoms with Crippen LogP contribution >= 0.6 is 0 Å². The molecule has 3 aromatic rings. The number of aromatic nitrogens is 3. The zero-order chi connectivity index (χ0) is 16.4. The second-order valence-electron chi connectivity index (χ2n) is 5.51. The number of H-pyrrole nitrogens is 1. The number of carbonyl (C=O) groups is 1. The Morgan fingerprint density at radius 3 is 2.74 bits per heavy atom. The highest BCUT2D eigenvalue weighted by molar-refractivity contribution is 5.95. The topological polar surface area (TPSA) is 79.9 Å². The number of carbonyl (C=O) groups excluding carboxylic acids is 1. The molecule has 0 fully saturated rings. The fraction of sp³-hybridized carbons (Fsp3) is 0.235. The van der Waals surface area contributed by atoms with Gasteiger partial charge in [0.15, 0.2) is 11.8 Å². The monoisotopic (exact) mass is 310 g/mol. The summed E-state index contributed by atoms with van der Waals surface area (Å²) in [5.74, 6) is 0.436. The first-order chi connectivity index (χ1) is 11.0. The lowest BCUT2D eigenvalue weighted by molar-refractivity contribution is -0.122. The number of ether oxygens (including phenoxy) is 1. The second kappa shape index (κ2) is 6.08. The molecule has 1 atom stereocenters. The average Bonchev–Trinajstić information content (AvgIpc) is 2.90. The lowest BCUT2D eigenvalue weighted by Crippen LogP contribution is -2.30. The van der Waals surface area contributed by atoms with Crippen molar-refractivity contribution in [1.82, 2.24) is 15.2 Å². The van der Waals surface area contributed by atoms with Gasteiger partial charge in [0.2, 0.25) is 0 Å². The van der Waals surface area contributed by atoms with E-state index in [-0.39, 0.29) is 5.91 Å². The SMILES string of the molecule is Cc1ccc(OC(C)C(=O)Nc2cnc3n[nH]c(C)c3c2)cc1. The van der Waals surface area contributed by atoms with E-state index in [0.29, 0.717) is 17.1 Å². The van der Waals surface area contributed by atoms with Gasteiger partial charge in [-0.15, -0.1) is 0 Å². The molecule has 2 heterocycles. The molecule has 1 unspecified atom stereocenters. The van der Waals surface area contributed by atoms with Crippen molar-refractivity contribution < 1.29 is 9.53 Å². The van der Waals surface area contributed by atoms with Crippen molar-refractivity contribution in [3.8, 4) is 5.75 Å². The maximum absolute atomic E-state index is 12.3. The Morgan fingerprint density at radius 2 is 2.00 bits per heavy atom. The molecule has 0 spiro atoms. The summed E-state index contributed by atoms with van der Waals surface area (Å²) in [4.78, 5) is 16.5. The third kappa shape index (κ3) is 3.31. The third-order valence-electron chi connectivity index (χ3n) is 3.57. The Labute approximate surface area is 133 Å². The number of anilines is 1. The van der Waals surface area contributed by atoms with E-state index in [0.717, 1.165) is 16.6 Å². The van der Waals surface area contributed by atoms with Crippen LogP contribution in [0.2, 0.25) is 0 Å². The van der Waals surface area contributed by atoms with Gasteiger partial charge in [-0.1, -0.05) is 17.7 Å². The number of benzene rings is 1. The van der Waals surface area contributed by atoms with Crippen LogP contribution in [0, 0.1) is 13.8 Å². The predicted octanol–water partition coefficient (Wildman–Crippen LogP) is 2.98. The number of nitrogens with zero attached hydrogens (tertiary/aromatic N) is 2. The highest BCUT2D eigenvalue weighted by Crippen LogP contribution is 2.18. The summed E-state index contributed by atoms with van der Waals surface area (Å²) < 4.78 is 5.65. The smallest absolute Gasteiger partial charge is 0.265 e. The van der Waals surface area contributed by atoms with Crippen LogP contribution in [0.5, 0.6) is 5.75 Å². The molecule has 2 N–H and O–H groups in total. The standard InChI is InChI=1S/C17H18N4O2/c1-10-4-6-14(7-5-10)23-12(3)17(22)19-13-8-15-11(2)20-21-16(15)18-9-13/h4-9,12H,1-3H3,(H,19,22)(H,18,20,21). The molecule has 0 aliphatic heterocycles. The van der Waals surface area contributed by atoms with E-state index in [1.54, 1.807) is 13.1 Å². The lowest BCUT2D eigenvalue weighted by atomic mass is 10.2. The molecule has 1 amide bonds. The molecule has 23 heavy (non-hydrogen) atoms. The zero-order valence-electron chi connectivity index (χ0n) is 13.3. The van der Waals surface area contributed by atoms with Crippen LogP contribution in [0.25, 0.3) is 11.0 Å². The largest absolute Gasteiger partial charge is 0.481 e. The van der Waals surface area contributed by atoms with Gasteiger partial charge in [0.05, 0.1) is 11.9 Å². The lowest BCUT2D eigenvalue weighted by Gasteiger charge is -2.14. The van der Waals surface area contributed by atoms with Crippen LogP contribution in [0.4, 0.5) is 5.69 Å². The first kappa shape index (κ1) is 15.0. The second-order valence-corrected chi connectivity index (χ2v) is 5.51. The summed E-state index contributed by atoms with van der Waals surface area (Å²) in [5.41, 5.74) is 3.30. The molecule has 0 aliphatic carbocycles. The minimum atomic E-state index is -0.612. The van der Waals surface area contributed by atoms with E-state index in [1.807, 2.05) is 44.2 Å². The van der Waals surface area contributed by atoms with Crippen molar-refractivity contribution in [3.63, 3.8) is 0 Å². The van der Waals surface area contributed by atoms with Crippen LogP contribution in [-0.2, 0) is 4.79 Å². The van der Waals surface area contributed by atoms with Crippen molar-refractivity contribution in [2.45, 2.75) is 26.9 Å². The number of rotatable bonds is 4. The van der Waals surface area contributed by atoms with Crippen molar-refractivity contribution >= 4 is 22.6 Å². The van der Waals surface area contributed by atoms with Crippen molar-refractivity contribution in [3.05, 3.63) is 47.8 Å². The van der Waals surface area contributed by atoms with Crippen molar-refractivity contribution in [2.24, 2.45) is 0 Å². The molecule has 3 rings (SSSR count). The number of amides is 1. The molecule has 1 aromatic carbocycles. The summed E-state index contributed by atoms with van der Waals surface area (Å²) in [7, 11) is 0. The number of hydrogen-bond donors (Lipinski definition) is 2. The first-order valence-electron chi connectivity index (χ1n) is 7.38. The van der Waals surface area contributed by atoms with E-state index >= 15 is 0 Å². The molecule has 6 heteroatoms. The fourth-order valence-electron chi connectivity index (χ4n) is 2.21. The van der Waals surface area contributed by atoms with Crippen LogP contribution in [0.15, 0.2) is 36.5 Å². The van der Waals surface area contributed by atoms with E-state index < -0.39 is 6.10 Å². The molecular weight excluding hydrogens is 292 g/mol. The molecule has 0 saturated heterocycles. The van der Waals surface area contributed by atoms with Gasteiger partial charge in [-0.25, -0.2) is 4.98 Å². The Balaban J connectivity index is 1.69. The number of fused-ring (bicyclic) bond motifs is 1. The van der Waals surface area contributed by atoms with Gasteiger partial charge in [-0.3, -0.25) is 9.89 Å². The van der Waals surface area contributed by atoms with Gasteiger partial charge in [-0.05, 0) is 39.0 Å². The van der Waals surface area contributed by atoms with Gasteiger partial charge in [0, 0.05) is 11.1 Å². The number of aryl methyl sites for hydroxylation is 2. The highest BCUT2D eigenvalue weighted by atomic mass is 16.5. The molecular formula is C17H18N4O2. The average molecular weight is 310 g/mol. The first-order valence-corrected chi connectivity index (χ1v) is 7.38. The molecule has 0 saturated carbocycles. The summed E-state index contributed by atoms with van der Waals surface area (Å²) in [6.45, 7) is 5.62. The van der Waals surface area contributed by atoms with Crippen molar-refractivity contribution in [2.75, 3.05) is 5.32 Å². The van der Waals surface area contributed by atoms with Crippen LogP contribution in [0.1, 0.15) is 18.2 Å².